The van der Waals surface area contributed by atoms with Gasteiger partial charge in [0.1, 0.15) is 11.2 Å². The maximum atomic E-state index is 12.9. The van der Waals surface area contributed by atoms with E-state index in [4.69, 9.17) is 9.52 Å². The average molecular weight is 310 g/mol. The second kappa shape index (κ2) is 6.55. The molecule has 0 saturated carbocycles. The van der Waals surface area contributed by atoms with Gasteiger partial charge in [0.25, 0.3) is 0 Å². The smallest absolute Gasteiger partial charge is 0.200 e. The molecule has 3 heteroatoms. The summed E-state index contributed by atoms with van der Waals surface area (Å²) in [5.74, 6) is 0. The van der Waals surface area contributed by atoms with Gasteiger partial charge in [-0.3, -0.25) is 4.79 Å². The normalized spacial score (nSPS) is 11.4. The third kappa shape index (κ3) is 2.89. The number of hydrogen-bond donors (Lipinski definition) is 1. The van der Waals surface area contributed by atoms with Gasteiger partial charge in [0.05, 0.1) is 10.8 Å². The molecule has 2 aromatic carbocycles. The fourth-order valence-electron chi connectivity index (χ4n) is 3.05. The van der Waals surface area contributed by atoms with Crippen molar-refractivity contribution >= 4 is 21.9 Å². The van der Waals surface area contributed by atoms with Crippen LogP contribution in [0.1, 0.15) is 37.0 Å². The topological polar surface area (TPSA) is 50.4 Å². The van der Waals surface area contributed by atoms with E-state index >= 15 is 0 Å². The summed E-state index contributed by atoms with van der Waals surface area (Å²) in [6.45, 7) is 4.33. The molecule has 1 N–H and O–H groups in total. The molecular weight excluding hydrogens is 288 g/mol. The first-order chi connectivity index (χ1) is 11.2. The summed E-state index contributed by atoms with van der Waals surface area (Å²) in [5.41, 5.74) is 4.69. The van der Waals surface area contributed by atoms with Crippen LogP contribution in [0.25, 0.3) is 21.9 Å². The fraction of sp³-hybridized carbons (Fsp3) is 0.350. The quantitative estimate of drug-likeness (QED) is 0.725. The standard InChI is InChI=1S/C20H22O3/c1-3-13-10-15(4-2)20-17(11-13)19(22)16-12-14(6-5-9-21)7-8-18(16)23-20/h7-8,10-12,21H,3-6,9H2,1-2H3. The van der Waals surface area contributed by atoms with Crippen molar-refractivity contribution in [3.05, 3.63) is 57.2 Å². The molecular formula is C20H22O3. The number of aliphatic hydroxyl groups is 1. The number of fused-ring (bicyclic) bond motifs is 2. The van der Waals surface area contributed by atoms with Crippen LogP contribution in [0, 0.1) is 0 Å². The molecule has 0 bridgehead atoms. The SMILES string of the molecule is CCc1cc(CC)c2oc3ccc(CCCO)cc3c(=O)c2c1. The first kappa shape index (κ1) is 15.8. The van der Waals surface area contributed by atoms with Crippen LogP contribution in [0.4, 0.5) is 0 Å². The molecule has 0 unspecified atom stereocenters. The largest absolute Gasteiger partial charge is 0.456 e. The lowest BCUT2D eigenvalue weighted by Gasteiger charge is -2.09. The molecule has 0 aliphatic carbocycles. The minimum atomic E-state index is 0.0390. The molecule has 0 spiro atoms. The van der Waals surface area contributed by atoms with Crippen molar-refractivity contribution in [2.24, 2.45) is 0 Å². The van der Waals surface area contributed by atoms with E-state index in [0.29, 0.717) is 28.4 Å². The molecule has 1 aromatic heterocycles. The van der Waals surface area contributed by atoms with E-state index in [9.17, 15) is 4.79 Å². The van der Waals surface area contributed by atoms with Crippen molar-refractivity contribution < 1.29 is 9.52 Å². The lowest BCUT2D eigenvalue weighted by Crippen LogP contribution is -2.05. The van der Waals surface area contributed by atoms with Gasteiger partial charge in [0, 0.05) is 6.61 Å². The van der Waals surface area contributed by atoms with Gasteiger partial charge < -0.3 is 9.52 Å². The highest BCUT2D eigenvalue weighted by molar-refractivity contribution is 5.91. The van der Waals surface area contributed by atoms with Crippen molar-refractivity contribution in [1.29, 1.82) is 0 Å². The zero-order valence-corrected chi connectivity index (χ0v) is 13.7. The molecule has 3 aromatic rings. The van der Waals surface area contributed by atoms with Crippen LogP contribution in [-0.2, 0) is 19.3 Å². The van der Waals surface area contributed by atoms with Gasteiger partial charge in [-0.2, -0.15) is 0 Å². The highest BCUT2D eigenvalue weighted by atomic mass is 16.3. The molecule has 1 heterocycles. The van der Waals surface area contributed by atoms with Crippen LogP contribution in [0.15, 0.2) is 39.5 Å². The van der Waals surface area contributed by atoms with Crippen molar-refractivity contribution in [2.75, 3.05) is 6.61 Å². The average Bonchev–Trinajstić information content (AvgIpc) is 2.59. The molecule has 120 valence electrons. The fourth-order valence-corrected chi connectivity index (χ4v) is 3.05. The maximum Gasteiger partial charge on any atom is 0.200 e. The minimum Gasteiger partial charge on any atom is -0.456 e. The van der Waals surface area contributed by atoms with Gasteiger partial charge in [0.2, 0.25) is 5.43 Å². The highest BCUT2D eigenvalue weighted by Gasteiger charge is 2.12. The predicted molar refractivity (Wildman–Crippen MR) is 94.2 cm³/mol. The van der Waals surface area contributed by atoms with Crippen LogP contribution < -0.4 is 5.43 Å². The van der Waals surface area contributed by atoms with Gasteiger partial charge >= 0.3 is 0 Å². The van der Waals surface area contributed by atoms with Crippen LogP contribution in [0.3, 0.4) is 0 Å². The Morgan fingerprint density at radius 3 is 2.48 bits per heavy atom. The first-order valence-corrected chi connectivity index (χ1v) is 8.30. The van der Waals surface area contributed by atoms with Crippen molar-refractivity contribution in [2.45, 2.75) is 39.5 Å². The molecule has 0 amide bonds. The van der Waals surface area contributed by atoms with Crippen LogP contribution in [0.5, 0.6) is 0 Å². The number of aryl methyl sites for hydroxylation is 3. The third-order valence-electron chi connectivity index (χ3n) is 4.38. The van der Waals surface area contributed by atoms with Gasteiger partial charge in [-0.1, -0.05) is 26.0 Å². The molecule has 0 saturated heterocycles. The van der Waals surface area contributed by atoms with Crippen molar-refractivity contribution in [3.8, 4) is 0 Å². The zero-order valence-electron chi connectivity index (χ0n) is 13.7. The minimum absolute atomic E-state index is 0.0390. The third-order valence-corrected chi connectivity index (χ3v) is 4.38. The van der Waals surface area contributed by atoms with Crippen LogP contribution in [0.2, 0.25) is 0 Å². The molecule has 0 aliphatic rings. The summed E-state index contributed by atoms with van der Waals surface area (Å²) in [7, 11) is 0. The summed E-state index contributed by atoms with van der Waals surface area (Å²) in [4.78, 5) is 12.9. The Balaban J connectivity index is 2.29. The summed E-state index contributed by atoms with van der Waals surface area (Å²) < 4.78 is 6.06. The Labute approximate surface area is 135 Å². The van der Waals surface area contributed by atoms with Crippen LogP contribution >= 0.6 is 0 Å². The van der Waals surface area contributed by atoms with E-state index in [-0.39, 0.29) is 12.0 Å². The Hall–Kier alpha value is -2.13. The highest BCUT2D eigenvalue weighted by Crippen LogP contribution is 2.25. The number of benzene rings is 2. The second-order valence-corrected chi connectivity index (χ2v) is 5.93. The Kier molecular flexibility index (Phi) is 4.49. The van der Waals surface area contributed by atoms with Gasteiger partial charge in [0.15, 0.2) is 0 Å². The Morgan fingerprint density at radius 1 is 1.00 bits per heavy atom. The molecule has 3 nitrogen and oxygen atoms in total. The number of hydrogen-bond acceptors (Lipinski definition) is 3. The second-order valence-electron chi connectivity index (χ2n) is 5.93. The molecule has 0 fully saturated rings. The molecule has 0 atom stereocenters. The molecule has 3 rings (SSSR count). The van der Waals surface area contributed by atoms with Crippen molar-refractivity contribution in [1.82, 2.24) is 0 Å². The Morgan fingerprint density at radius 2 is 1.78 bits per heavy atom. The van der Waals surface area contributed by atoms with E-state index in [1.54, 1.807) is 0 Å². The Bertz CT molecular complexity index is 906. The van der Waals surface area contributed by atoms with Crippen molar-refractivity contribution in [3.63, 3.8) is 0 Å². The molecule has 23 heavy (non-hydrogen) atoms. The summed E-state index contributed by atoms with van der Waals surface area (Å²) in [6, 6.07) is 9.84. The van der Waals surface area contributed by atoms with Crippen LogP contribution in [-0.4, -0.2) is 11.7 Å². The molecule has 0 aliphatic heterocycles. The monoisotopic (exact) mass is 310 g/mol. The lowest BCUT2D eigenvalue weighted by molar-refractivity contribution is 0.288. The maximum absolute atomic E-state index is 12.9. The van der Waals surface area contributed by atoms with Gasteiger partial charge in [-0.15, -0.1) is 0 Å². The van der Waals surface area contributed by atoms with Gasteiger partial charge in [-0.25, -0.2) is 0 Å². The summed E-state index contributed by atoms with van der Waals surface area (Å²) in [6.07, 6.45) is 3.20. The lowest BCUT2D eigenvalue weighted by atomic mass is 10.0. The number of rotatable bonds is 5. The van der Waals surface area contributed by atoms with E-state index < -0.39 is 0 Å². The van der Waals surface area contributed by atoms with E-state index in [0.717, 1.165) is 36.0 Å². The van der Waals surface area contributed by atoms with Gasteiger partial charge in [-0.05, 0) is 60.6 Å². The summed E-state index contributed by atoms with van der Waals surface area (Å²) >= 11 is 0. The van der Waals surface area contributed by atoms with E-state index in [1.165, 1.54) is 0 Å². The van der Waals surface area contributed by atoms with E-state index in [1.807, 2.05) is 24.3 Å². The summed E-state index contributed by atoms with van der Waals surface area (Å²) in [5, 5.41) is 10.3. The van der Waals surface area contributed by atoms with E-state index in [2.05, 4.69) is 19.9 Å². The predicted octanol–water partition coefficient (Wildman–Crippen LogP) is 4.00. The number of aliphatic hydroxyl groups excluding tert-OH is 1. The molecule has 0 radical (unpaired) electrons. The first-order valence-electron chi connectivity index (χ1n) is 8.30. The zero-order chi connectivity index (χ0) is 16.4.